The zero-order valence-electron chi connectivity index (χ0n) is 11.4. The molecule has 3 nitrogen and oxygen atoms in total. The maximum atomic E-state index is 5.97. The molecule has 0 saturated carbocycles. The highest BCUT2D eigenvalue weighted by Crippen LogP contribution is 2.25. The molecule has 2 aromatic rings. The van der Waals surface area contributed by atoms with Crippen molar-refractivity contribution in [2.75, 3.05) is 24.3 Å². The molecule has 0 heterocycles. The van der Waals surface area contributed by atoms with Crippen LogP contribution >= 0.6 is 23.8 Å². The zero-order valence-corrected chi connectivity index (χ0v) is 12.9. The number of benzene rings is 2. The SMILES string of the molecule is CN(C)c1ccc(Nc2ccc(Cl)cc2C(N)=S)cc1. The Labute approximate surface area is 129 Å². The molecule has 0 aliphatic heterocycles. The first-order chi connectivity index (χ1) is 9.47. The van der Waals surface area contributed by atoms with E-state index in [1.807, 2.05) is 49.3 Å². The van der Waals surface area contributed by atoms with E-state index in [2.05, 4.69) is 5.32 Å². The molecular weight excluding hydrogens is 290 g/mol. The van der Waals surface area contributed by atoms with Gasteiger partial charge in [0.2, 0.25) is 0 Å². The van der Waals surface area contributed by atoms with Crippen molar-refractivity contribution >= 4 is 45.9 Å². The average Bonchev–Trinajstić information content (AvgIpc) is 2.41. The van der Waals surface area contributed by atoms with Crippen LogP contribution in [0.3, 0.4) is 0 Å². The third-order valence-electron chi connectivity index (χ3n) is 2.91. The number of hydrogen-bond acceptors (Lipinski definition) is 3. The van der Waals surface area contributed by atoms with Gasteiger partial charge in [-0.05, 0) is 42.5 Å². The van der Waals surface area contributed by atoms with Crippen molar-refractivity contribution in [3.63, 3.8) is 0 Å². The molecule has 0 saturated heterocycles. The van der Waals surface area contributed by atoms with Gasteiger partial charge in [-0.25, -0.2) is 0 Å². The van der Waals surface area contributed by atoms with Crippen LogP contribution in [0.5, 0.6) is 0 Å². The van der Waals surface area contributed by atoms with E-state index in [1.165, 1.54) is 0 Å². The van der Waals surface area contributed by atoms with Crippen LogP contribution in [0.2, 0.25) is 5.02 Å². The van der Waals surface area contributed by atoms with Gasteiger partial charge in [0.15, 0.2) is 0 Å². The predicted octanol–water partition coefficient (Wildman–Crippen LogP) is 3.78. The predicted molar refractivity (Wildman–Crippen MR) is 91.4 cm³/mol. The minimum absolute atomic E-state index is 0.319. The molecule has 0 aliphatic carbocycles. The molecule has 0 atom stereocenters. The van der Waals surface area contributed by atoms with Crippen molar-refractivity contribution in [2.45, 2.75) is 0 Å². The van der Waals surface area contributed by atoms with E-state index < -0.39 is 0 Å². The van der Waals surface area contributed by atoms with Gasteiger partial charge in [0.1, 0.15) is 4.99 Å². The molecule has 20 heavy (non-hydrogen) atoms. The van der Waals surface area contributed by atoms with Crippen LogP contribution in [0.25, 0.3) is 0 Å². The molecule has 0 fully saturated rings. The van der Waals surface area contributed by atoms with Crippen molar-refractivity contribution in [2.24, 2.45) is 5.73 Å². The molecule has 0 bridgehead atoms. The Hall–Kier alpha value is -1.78. The van der Waals surface area contributed by atoms with Crippen molar-refractivity contribution < 1.29 is 0 Å². The van der Waals surface area contributed by atoms with E-state index in [0.717, 1.165) is 22.6 Å². The van der Waals surface area contributed by atoms with E-state index in [-0.39, 0.29) is 0 Å². The van der Waals surface area contributed by atoms with Gasteiger partial charge in [-0.1, -0.05) is 23.8 Å². The largest absolute Gasteiger partial charge is 0.389 e. The molecule has 0 radical (unpaired) electrons. The van der Waals surface area contributed by atoms with Gasteiger partial charge in [-0.15, -0.1) is 0 Å². The molecule has 2 rings (SSSR count). The summed E-state index contributed by atoms with van der Waals surface area (Å²) in [6, 6.07) is 13.5. The third kappa shape index (κ3) is 3.40. The summed E-state index contributed by atoms with van der Waals surface area (Å²) >= 11 is 11.0. The van der Waals surface area contributed by atoms with E-state index >= 15 is 0 Å². The summed E-state index contributed by atoms with van der Waals surface area (Å²) in [4.78, 5) is 2.37. The maximum absolute atomic E-state index is 5.97. The van der Waals surface area contributed by atoms with Crippen LogP contribution in [0.4, 0.5) is 17.1 Å². The molecule has 0 amide bonds. The molecule has 0 aromatic heterocycles. The van der Waals surface area contributed by atoms with Crippen LogP contribution in [0, 0.1) is 0 Å². The first-order valence-corrected chi connectivity index (χ1v) is 6.90. The summed E-state index contributed by atoms with van der Waals surface area (Å²) in [5.74, 6) is 0. The topological polar surface area (TPSA) is 41.3 Å². The van der Waals surface area contributed by atoms with Crippen LogP contribution < -0.4 is 16.0 Å². The van der Waals surface area contributed by atoms with Gasteiger partial charge in [0.25, 0.3) is 0 Å². The first-order valence-electron chi connectivity index (χ1n) is 6.11. The lowest BCUT2D eigenvalue weighted by molar-refractivity contribution is 1.13. The summed E-state index contributed by atoms with van der Waals surface area (Å²) in [5, 5.41) is 3.91. The summed E-state index contributed by atoms with van der Waals surface area (Å²) in [5.41, 5.74) is 9.42. The van der Waals surface area contributed by atoms with E-state index in [9.17, 15) is 0 Å². The van der Waals surface area contributed by atoms with E-state index in [4.69, 9.17) is 29.6 Å². The number of hydrogen-bond donors (Lipinski definition) is 2. The Kier molecular flexibility index (Phi) is 4.47. The minimum atomic E-state index is 0.319. The molecule has 0 spiro atoms. The number of thiocarbonyl (C=S) groups is 1. The van der Waals surface area contributed by atoms with Gasteiger partial charge >= 0.3 is 0 Å². The highest BCUT2D eigenvalue weighted by Gasteiger charge is 2.06. The second-order valence-electron chi connectivity index (χ2n) is 4.62. The van der Waals surface area contributed by atoms with Crippen molar-refractivity contribution in [1.82, 2.24) is 0 Å². The number of anilines is 3. The monoisotopic (exact) mass is 305 g/mol. The number of halogens is 1. The zero-order chi connectivity index (χ0) is 14.7. The fraction of sp³-hybridized carbons (Fsp3) is 0.133. The molecule has 104 valence electrons. The fourth-order valence-electron chi connectivity index (χ4n) is 1.83. The van der Waals surface area contributed by atoms with E-state index in [1.54, 1.807) is 12.1 Å². The molecule has 3 N–H and O–H groups in total. The third-order valence-corrected chi connectivity index (χ3v) is 3.36. The Morgan fingerprint density at radius 3 is 2.35 bits per heavy atom. The second-order valence-corrected chi connectivity index (χ2v) is 5.50. The summed E-state index contributed by atoms with van der Waals surface area (Å²) in [6.45, 7) is 0. The average molecular weight is 306 g/mol. The summed E-state index contributed by atoms with van der Waals surface area (Å²) < 4.78 is 0. The van der Waals surface area contributed by atoms with Crippen molar-refractivity contribution in [1.29, 1.82) is 0 Å². The minimum Gasteiger partial charge on any atom is -0.389 e. The quantitative estimate of drug-likeness (QED) is 0.843. The molecular formula is C15H16ClN3S. The number of nitrogens with two attached hydrogens (primary N) is 1. The van der Waals surface area contributed by atoms with Crippen LogP contribution in [-0.4, -0.2) is 19.1 Å². The lowest BCUT2D eigenvalue weighted by Gasteiger charge is -2.15. The van der Waals surface area contributed by atoms with Crippen molar-refractivity contribution in [3.8, 4) is 0 Å². The normalized spacial score (nSPS) is 10.2. The Balaban J connectivity index is 2.28. The highest BCUT2D eigenvalue weighted by atomic mass is 35.5. The fourth-order valence-corrected chi connectivity index (χ4v) is 2.17. The lowest BCUT2D eigenvalue weighted by atomic mass is 10.1. The molecule has 0 aliphatic rings. The Morgan fingerprint density at radius 2 is 1.80 bits per heavy atom. The van der Waals surface area contributed by atoms with Crippen LogP contribution in [0.15, 0.2) is 42.5 Å². The van der Waals surface area contributed by atoms with Gasteiger partial charge < -0.3 is 16.0 Å². The molecule has 5 heteroatoms. The standard InChI is InChI=1S/C15H16ClN3S/c1-19(2)12-6-4-11(5-7-12)18-14-8-3-10(16)9-13(14)15(17)20/h3-9,18H,1-2H3,(H2,17,20). The van der Waals surface area contributed by atoms with Crippen LogP contribution in [-0.2, 0) is 0 Å². The van der Waals surface area contributed by atoms with E-state index in [0.29, 0.717) is 10.0 Å². The molecule has 2 aromatic carbocycles. The van der Waals surface area contributed by atoms with Gasteiger partial charge in [-0.3, -0.25) is 0 Å². The van der Waals surface area contributed by atoms with Gasteiger partial charge in [-0.2, -0.15) is 0 Å². The molecule has 0 unspecified atom stereocenters. The smallest absolute Gasteiger partial charge is 0.106 e. The lowest BCUT2D eigenvalue weighted by Crippen LogP contribution is -2.12. The summed E-state index contributed by atoms with van der Waals surface area (Å²) in [7, 11) is 4.01. The summed E-state index contributed by atoms with van der Waals surface area (Å²) in [6.07, 6.45) is 0. The van der Waals surface area contributed by atoms with Crippen LogP contribution in [0.1, 0.15) is 5.56 Å². The van der Waals surface area contributed by atoms with Gasteiger partial charge in [0, 0.05) is 41.7 Å². The number of rotatable bonds is 4. The number of nitrogens with zero attached hydrogens (tertiary/aromatic N) is 1. The van der Waals surface area contributed by atoms with Crippen molar-refractivity contribution in [3.05, 3.63) is 53.1 Å². The highest BCUT2D eigenvalue weighted by molar-refractivity contribution is 7.80. The Bertz CT molecular complexity index is 624. The van der Waals surface area contributed by atoms with Gasteiger partial charge in [0.05, 0.1) is 0 Å². The first kappa shape index (κ1) is 14.6. The Morgan fingerprint density at radius 1 is 1.15 bits per heavy atom. The number of nitrogens with one attached hydrogen (secondary N) is 1. The second kappa shape index (κ2) is 6.11. The maximum Gasteiger partial charge on any atom is 0.106 e.